The third kappa shape index (κ3) is 3.49. The van der Waals surface area contributed by atoms with E-state index < -0.39 is 0 Å². The molecule has 0 aliphatic heterocycles. The molecule has 0 atom stereocenters. The van der Waals surface area contributed by atoms with Gasteiger partial charge >= 0.3 is 0 Å². The zero-order valence-corrected chi connectivity index (χ0v) is 12.8. The molecule has 5 heteroatoms. The molecule has 0 aliphatic carbocycles. The second kappa shape index (κ2) is 6.66. The quantitative estimate of drug-likeness (QED) is 0.674. The molecule has 0 amide bonds. The molecule has 22 heavy (non-hydrogen) atoms. The summed E-state index contributed by atoms with van der Waals surface area (Å²) in [4.78, 5) is 4.23. The fourth-order valence-electron chi connectivity index (χ4n) is 1.97. The van der Waals surface area contributed by atoms with Crippen molar-refractivity contribution in [2.45, 2.75) is 17.7 Å². The Labute approximate surface area is 132 Å². The molecule has 2 aromatic heterocycles. The van der Waals surface area contributed by atoms with Crippen LogP contribution >= 0.6 is 11.8 Å². The molecule has 0 saturated carbocycles. The van der Waals surface area contributed by atoms with Crippen LogP contribution in [0.3, 0.4) is 0 Å². The lowest BCUT2D eigenvalue weighted by Crippen LogP contribution is -1.93. The van der Waals surface area contributed by atoms with E-state index in [0.717, 1.165) is 22.0 Å². The lowest BCUT2D eigenvalue weighted by atomic mass is 10.2. The van der Waals surface area contributed by atoms with Gasteiger partial charge in [-0.25, -0.2) is 4.39 Å². The molecule has 0 N–H and O–H groups in total. The fraction of sp³-hybridized carbons (Fsp3) is 0.118. The van der Waals surface area contributed by atoms with Gasteiger partial charge in [-0.15, -0.1) is 10.2 Å². The summed E-state index contributed by atoms with van der Waals surface area (Å²) in [6.07, 6.45) is 1.72. The topological polar surface area (TPSA) is 38.7 Å². The third-order valence-corrected chi connectivity index (χ3v) is 4.12. The van der Waals surface area contributed by atoms with E-state index >= 15 is 0 Å². The summed E-state index contributed by atoms with van der Waals surface area (Å²) in [5, 5.41) is 9.10. The van der Waals surface area contributed by atoms with Gasteiger partial charge in [0, 0.05) is 11.9 Å². The Hall–Kier alpha value is -2.27. The smallest absolute Gasteiger partial charge is 0.127 e. The Kier molecular flexibility index (Phi) is 4.44. The molecule has 3 aromatic rings. The number of hydrogen-bond donors (Lipinski definition) is 0. The van der Waals surface area contributed by atoms with Crippen LogP contribution in [0.5, 0.6) is 0 Å². The Morgan fingerprint density at radius 1 is 1.00 bits per heavy atom. The largest absolute Gasteiger partial charge is 0.255 e. The van der Waals surface area contributed by atoms with Crippen LogP contribution in [-0.2, 0) is 5.75 Å². The Morgan fingerprint density at radius 2 is 1.91 bits per heavy atom. The summed E-state index contributed by atoms with van der Waals surface area (Å²) in [6.45, 7) is 1.88. The zero-order valence-electron chi connectivity index (χ0n) is 12.0. The third-order valence-electron chi connectivity index (χ3n) is 3.15. The van der Waals surface area contributed by atoms with Crippen LogP contribution in [0, 0.1) is 12.7 Å². The molecule has 110 valence electrons. The van der Waals surface area contributed by atoms with E-state index in [1.165, 1.54) is 11.8 Å². The first kappa shape index (κ1) is 14.7. The molecule has 3 nitrogen and oxygen atoms in total. The molecule has 1 aromatic carbocycles. The molecule has 3 rings (SSSR count). The molecule has 0 saturated heterocycles. The molecular weight excluding hydrogens is 297 g/mol. The molecule has 2 heterocycles. The van der Waals surface area contributed by atoms with Crippen molar-refractivity contribution < 1.29 is 4.39 Å². The summed E-state index contributed by atoms with van der Waals surface area (Å²) in [7, 11) is 0. The first-order valence-corrected chi connectivity index (χ1v) is 7.84. The summed E-state index contributed by atoms with van der Waals surface area (Å²) >= 11 is 1.46. The van der Waals surface area contributed by atoms with E-state index in [9.17, 15) is 4.39 Å². The monoisotopic (exact) mass is 311 g/mol. The van der Waals surface area contributed by atoms with E-state index in [1.54, 1.807) is 12.3 Å². The van der Waals surface area contributed by atoms with Gasteiger partial charge in [-0.3, -0.25) is 4.98 Å². The maximum Gasteiger partial charge on any atom is 0.127 e. The summed E-state index contributed by atoms with van der Waals surface area (Å²) in [6, 6.07) is 14.7. The van der Waals surface area contributed by atoms with E-state index in [1.807, 2.05) is 49.4 Å². The summed E-state index contributed by atoms with van der Waals surface area (Å²) < 4.78 is 13.8. The maximum absolute atomic E-state index is 13.8. The molecule has 0 spiro atoms. The number of aromatic nitrogens is 3. The Bertz CT molecular complexity index is 761. The average molecular weight is 311 g/mol. The number of benzene rings is 1. The lowest BCUT2D eigenvalue weighted by Gasteiger charge is -2.04. The van der Waals surface area contributed by atoms with Crippen LogP contribution < -0.4 is 0 Å². The molecular formula is C17H14FN3S. The standard InChI is InChI=1S/C17H14FN3S/c1-12-5-6-13(14(18)10-12)11-22-17-8-7-16(20-21-17)15-4-2-3-9-19-15/h2-10H,11H2,1H3. The van der Waals surface area contributed by atoms with E-state index in [4.69, 9.17) is 0 Å². The van der Waals surface area contributed by atoms with Crippen LogP contribution in [-0.4, -0.2) is 15.2 Å². The van der Waals surface area contributed by atoms with E-state index in [2.05, 4.69) is 15.2 Å². The van der Waals surface area contributed by atoms with Crippen LogP contribution in [0.15, 0.2) is 59.8 Å². The van der Waals surface area contributed by atoms with Gasteiger partial charge in [0.25, 0.3) is 0 Å². The highest BCUT2D eigenvalue weighted by atomic mass is 32.2. The molecule has 0 aliphatic rings. The molecule has 0 bridgehead atoms. The van der Waals surface area contributed by atoms with Gasteiger partial charge in [0.2, 0.25) is 0 Å². The van der Waals surface area contributed by atoms with Crippen LogP contribution in [0.25, 0.3) is 11.4 Å². The predicted molar refractivity (Wildman–Crippen MR) is 86.0 cm³/mol. The van der Waals surface area contributed by atoms with Gasteiger partial charge in [-0.05, 0) is 48.4 Å². The molecule has 0 unspecified atom stereocenters. The number of halogens is 1. The summed E-state index contributed by atoms with van der Waals surface area (Å²) in [5.41, 5.74) is 3.11. The zero-order chi connectivity index (χ0) is 15.4. The SMILES string of the molecule is Cc1ccc(CSc2ccc(-c3ccccn3)nn2)c(F)c1. The number of hydrogen-bond acceptors (Lipinski definition) is 4. The van der Waals surface area contributed by atoms with Crippen molar-refractivity contribution >= 4 is 11.8 Å². The van der Waals surface area contributed by atoms with Crippen molar-refractivity contribution in [2.75, 3.05) is 0 Å². The van der Waals surface area contributed by atoms with Crippen molar-refractivity contribution in [3.63, 3.8) is 0 Å². The maximum atomic E-state index is 13.8. The van der Waals surface area contributed by atoms with Gasteiger partial charge in [-0.1, -0.05) is 30.0 Å². The van der Waals surface area contributed by atoms with Crippen molar-refractivity contribution in [3.05, 3.63) is 71.7 Å². The first-order valence-electron chi connectivity index (χ1n) is 6.85. The minimum absolute atomic E-state index is 0.175. The van der Waals surface area contributed by atoms with Crippen molar-refractivity contribution in [3.8, 4) is 11.4 Å². The second-order valence-electron chi connectivity index (χ2n) is 4.86. The van der Waals surface area contributed by atoms with E-state index in [-0.39, 0.29) is 5.82 Å². The number of pyridine rings is 1. The van der Waals surface area contributed by atoms with Crippen molar-refractivity contribution in [1.82, 2.24) is 15.2 Å². The number of rotatable bonds is 4. The normalized spacial score (nSPS) is 10.6. The van der Waals surface area contributed by atoms with Crippen LogP contribution in [0.1, 0.15) is 11.1 Å². The Balaban J connectivity index is 1.69. The van der Waals surface area contributed by atoms with Crippen molar-refractivity contribution in [1.29, 1.82) is 0 Å². The van der Waals surface area contributed by atoms with Gasteiger partial charge < -0.3 is 0 Å². The number of thioether (sulfide) groups is 1. The number of aryl methyl sites for hydroxylation is 1. The second-order valence-corrected chi connectivity index (χ2v) is 5.85. The molecule has 0 fully saturated rings. The van der Waals surface area contributed by atoms with Gasteiger partial charge in [0.05, 0.1) is 5.69 Å². The van der Waals surface area contributed by atoms with Gasteiger partial charge in [-0.2, -0.15) is 0 Å². The van der Waals surface area contributed by atoms with Gasteiger partial charge in [0.1, 0.15) is 16.5 Å². The fourth-order valence-corrected chi connectivity index (χ4v) is 2.77. The van der Waals surface area contributed by atoms with Gasteiger partial charge in [0.15, 0.2) is 0 Å². The van der Waals surface area contributed by atoms with Crippen LogP contribution in [0.4, 0.5) is 4.39 Å². The Morgan fingerprint density at radius 3 is 2.59 bits per heavy atom. The van der Waals surface area contributed by atoms with E-state index in [0.29, 0.717) is 11.3 Å². The lowest BCUT2D eigenvalue weighted by molar-refractivity contribution is 0.616. The van der Waals surface area contributed by atoms with Crippen molar-refractivity contribution in [2.24, 2.45) is 0 Å². The average Bonchev–Trinajstić information content (AvgIpc) is 2.55. The highest BCUT2D eigenvalue weighted by Gasteiger charge is 2.06. The first-order chi connectivity index (χ1) is 10.7. The number of nitrogens with zero attached hydrogens (tertiary/aromatic N) is 3. The minimum Gasteiger partial charge on any atom is -0.255 e. The summed E-state index contributed by atoms with van der Waals surface area (Å²) in [5.74, 6) is 0.356. The van der Waals surface area contributed by atoms with Crippen LogP contribution in [0.2, 0.25) is 0 Å². The minimum atomic E-state index is -0.175. The highest BCUT2D eigenvalue weighted by Crippen LogP contribution is 2.23. The predicted octanol–water partition coefficient (Wildman–Crippen LogP) is 4.28. The molecule has 0 radical (unpaired) electrons. The highest BCUT2D eigenvalue weighted by molar-refractivity contribution is 7.98.